The van der Waals surface area contributed by atoms with Gasteiger partial charge in [0.25, 0.3) is 0 Å². The Balaban J connectivity index is 2.53. The third kappa shape index (κ3) is 5.04. The van der Waals surface area contributed by atoms with Gasteiger partial charge in [-0.05, 0) is 35.5 Å². The molecule has 1 atom stereocenters. The molecule has 2 N–H and O–H groups in total. The van der Waals surface area contributed by atoms with Crippen molar-refractivity contribution in [2.75, 3.05) is 6.54 Å². The summed E-state index contributed by atoms with van der Waals surface area (Å²) in [6.45, 7) is 9.69. The summed E-state index contributed by atoms with van der Waals surface area (Å²) in [4.78, 5) is 1.34. The largest absolute Gasteiger partial charge is 0.362 e. The van der Waals surface area contributed by atoms with E-state index in [1.165, 1.54) is 4.88 Å². The number of rotatable bonds is 5. The van der Waals surface area contributed by atoms with Crippen molar-refractivity contribution >= 4 is 28.7 Å². The molecule has 0 aliphatic heterocycles. The van der Waals surface area contributed by atoms with Crippen LogP contribution in [0.15, 0.2) is 17.5 Å². The molecule has 0 spiro atoms. The fraction of sp³-hybridized carbons (Fsp3) is 0.615. The third-order valence-corrected chi connectivity index (χ3v) is 3.69. The summed E-state index contributed by atoms with van der Waals surface area (Å²) in [5, 5.41) is 9.52. The summed E-state index contributed by atoms with van der Waals surface area (Å²) in [6, 6.07) is 4.55. The highest BCUT2D eigenvalue weighted by Crippen LogP contribution is 2.25. The highest BCUT2D eigenvalue weighted by atomic mass is 32.1. The van der Waals surface area contributed by atoms with Crippen LogP contribution in [0.1, 0.15) is 38.6 Å². The van der Waals surface area contributed by atoms with Gasteiger partial charge < -0.3 is 10.6 Å². The van der Waals surface area contributed by atoms with E-state index >= 15 is 0 Å². The van der Waals surface area contributed by atoms with Gasteiger partial charge in [-0.15, -0.1) is 11.3 Å². The van der Waals surface area contributed by atoms with Crippen LogP contribution in [0.4, 0.5) is 0 Å². The number of hydrogen-bond acceptors (Lipinski definition) is 2. The number of nitrogens with one attached hydrogen (secondary N) is 2. The zero-order valence-electron chi connectivity index (χ0n) is 11.0. The molecule has 2 nitrogen and oxygen atoms in total. The van der Waals surface area contributed by atoms with Gasteiger partial charge in [0.1, 0.15) is 0 Å². The van der Waals surface area contributed by atoms with E-state index in [1.807, 2.05) is 0 Å². The second kappa shape index (κ2) is 6.97. The van der Waals surface area contributed by atoms with Gasteiger partial charge in [0, 0.05) is 11.4 Å². The summed E-state index contributed by atoms with van der Waals surface area (Å²) >= 11 is 7.10. The lowest BCUT2D eigenvalue weighted by atomic mass is 10.0. The molecular formula is C13H22N2S2. The predicted octanol–water partition coefficient (Wildman–Crippen LogP) is 3.57. The zero-order valence-corrected chi connectivity index (χ0v) is 12.6. The van der Waals surface area contributed by atoms with Crippen molar-refractivity contribution in [3.05, 3.63) is 22.4 Å². The molecule has 1 rings (SSSR count). The zero-order chi connectivity index (χ0) is 12.8. The van der Waals surface area contributed by atoms with Crippen molar-refractivity contribution in [1.82, 2.24) is 10.6 Å². The molecule has 17 heavy (non-hydrogen) atoms. The van der Waals surface area contributed by atoms with E-state index in [2.05, 4.69) is 55.8 Å². The second-order valence-corrected chi connectivity index (χ2v) is 6.37. The highest BCUT2D eigenvalue weighted by Gasteiger charge is 2.17. The van der Waals surface area contributed by atoms with E-state index < -0.39 is 0 Å². The molecule has 1 heterocycles. The first kappa shape index (κ1) is 14.5. The molecule has 0 aromatic carbocycles. The lowest BCUT2D eigenvalue weighted by Crippen LogP contribution is -2.40. The van der Waals surface area contributed by atoms with Crippen molar-refractivity contribution in [2.45, 2.75) is 33.7 Å². The number of hydrogen-bond donors (Lipinski definition) is 2. The molecular weight excluding hydrogens is 248 g/mol. The fourth-order valence-corrected chi connectivity index (χ4v) is 2.68. The minimum atomic E-state index is 0.308. The Hall–Kier alpha value is -0.610. The fourth-order valence-electron chi connectivity index (χ4n) is 1.52. The van der Waals surface area contributed by atoms with Gasteiger partial charge in [-0.1, -0.05) is 33.8 Å². The summed E-state index contributed by atoms with van der Waals surface area (Å²) < 4.78 is 0. The minimum Gasteiger partial charge on any atom is -0.362 e. The molecule has 1 aromatic heterocycles. The molecule has 0 saturated heterocycles. The molecule has 1 aromatic rings. The Bertz CT molecular complexity index is 331. The van der Waals surface area contributed by atoms with E-state index in [9.17, 15) is 0 Å². The Labute approximate surface area is 114 Å². The van der Waals surface area contributed by atoms with Crippen LogP contribution in [0.2, 0.25) is 0 Å². The van der Waals surface area contributed by atoms with Crippen molar-refractivity contribution in [1.29, 1.82) is 0 Å². The van der Waals surface area contributed by atoms with E-state index in [1.54, 1.807) is 11.3 Å². The van der Waals surface area contributed by atoms with Gasteiger partial charge in [0.15, 0.2) is 5.11 Å². The maximum Gasteiger partial charge on any atom is 0.166 e. The van der Waals surface area contributed by atoms with Crippen molar-refractivity contribution in [2.24, 2.45) is 11.8 Å². The number of thiophene rings is 1. The monoisotopic (exact) mass is 270 g/mol. The first-order valence-electron chi connectivity index (χ1n) is 6.08. The topological polar surface area (TPSA) is 24.1 Å². The summed E-state index contributed by atoms with van der Waals surface area (Å²) in [7, 11) is 0. The van der Waals surface area contributed by atoms with Crippen LogP contribution < -0.4 is 10.6 Å². The van der Waals surface area contributed by atoms with Crippen molar-refractivity contribution in [3.63, 3.8) is 0 Å². The lowest BCUT2D eigenvalue weighted by molar-refractivity contribution is 0.473. The number of thiocarbonyl (C=S) groups is 1. The molecule has 0 radical (unpaired) electrons. The average Bonchev–Trinajstić information content (AvgIpc) is 2.75. The SMILES string of the molecule is CC(C)CNC(=S)NC(c1cccs1)C(C)C. The predicted molar refractivity (Wildman–Crippen MR) is 80.5 cm³/mol. The molecule has 0 fully saturated rings. The minimum absolute atomic E-state index is 0.308. The summed E-state index contributed by atoms with van der Waals surface area (Å²) in [6.07, 6.45) is 0. The normalized spacial score (nSPS) is 12.8. The van der Waals surface area contributed by atoms with Crippen molar-refractivity contribution in [3.8, 4) is 0 Å². The summed E-state index contributed by atoms with van der Waals surface area (Å²) in [5.74, 6) is 1.13. The first-order chi connectivity index (χ1) is 8.00. The standard InChI is InChI=1S/C13H22N2S2/c1-9(2)8-14-13(16)15-12(10(3)4)11-6-5-7-17-11/h5-7,9-10,12H,8H2,1-4H3,(H2,14,15,16). The van der Waals surface area contributed by atoms with Crippen LogP contribution in [0.3, 0.4) is 0 Å². The van der Waals surface area contributed by atoms with E-state index in [0.717, 1.165) is 11.7 Å². The third-order valence-electron chi connectivity index (χ3n) is 2.47. The Morgan fingerprint density at radius 2 is 2.06 bits per heavy atom. The Morgan fingerprint density at radius 3 is 2.53 bits per heavy atom. The van der Waals surface area contributed by atoms with Crippen LogP contribution in [0.25, 0.3) is 0 Å². The lowest BCUT2D eigenvalue weighted by Gasteiger charge is -2.23. The summed E-state index contributed by atoms with van der Waals surface area (Å²) in [5.41, 5.74) is 0. The second-order valence-electron chi connectivity index (χ2n) is 4.99. The molecule has 0 aliphatic carbocycles. The van der Waals surface area contributed by atoms with Gasteiger partial charge in [-0.3, -0.25) is 0 Å². The molecule has 1 unspecified atom stereocenters. The van der Waals surface area contributed by atoms with E-state index in [4.69, 9.17) is 12.2 Å². The highest BCUT2D eigenvalue weighted by molar-refractivity contribution is 7.80. The molecule has 0 aliphatic rings. The molecule has 4 heteroatoms. The quantitative estimate of drug-likeness (QED) is 0.800. The van der Waals surface area contributed by atoms with E-state index in [-0.39, 0.29) is 0 Å². The first-order valence-corrected chi connectivity index (χ1v) is 7.37. The van der Waals surface area contributed by atoms with E-state index in [0.29, 0.717) is 17.9 Å². The van der Waals surface area contributed by atoms with Crippen LogP contribution >= 0.6 is 23.6 Å². The van der Waals surface area contributed by atoms with Crippen molar-refractivity contribution < 1.29 is 0 Å². The van der Waals surface area contributed by atoms with Gasteiger partial charge in [0.05, 0.1) is 6.04 Å². The maximum absolute atomic E-state index is 5.32. The van der Waals surface area contributed by atoms with Crippen LogP contribution in [-0.4, -0.2) is 11.7 Å². The van der Waals surface area contributed by atoms with Crippen LogP contribution in [-0.2, 0) is 0 Å². The Kier molecular flexibility index (Phi) is 5.92. The molecule has 0 amide bonds. The van der Waals surface area contributed by atoms with Gasteiger partial charge >= 0.3 is 0 Å². The van der Waals surface area contributed by atoms with Crippen LogP contribution in [0.5, 0.6) is 0 Å². The smallest absolute Gasteiger partial charge is 0.166 e. The van der Waals surface area contributed by atoms with Crippen LogP contribution in [0, 0.1) is 11.8 Å². The molecule has 0 saturated carbocycles. The molecule has 96 valence electrons. The Morgan fingerprint density at radius 1 is 1.35 bits per heavy atom. The van der Waals surface area contributed by atoms with Gasteiger partial charge in [-0.2, -0.15) is 0 Å². The maximum atomic E-state index is 5.32. The molecule has 0 bridgehead atoms. The van der Waals surface area contributed by atoms with Gasteiger partial charge in [-0.25, -0.2) is 0 Å². The average molecular weight is 270 g/mol. The van der Waals surface area contributed by atoms with Gasteiger partial charge in [0.2, 0.25) is 0 Å².